The number of hydrogen-bond donors (Lipinski definition) is 2. The molecule has 2 N–H and O–H groups in total. The van der Waals surface area contributed by atoms with Crippen LogP contribution in [0.25, 0.3) is 0 Å². The lowest BCUT2D eigenvalue weighted by Crippen LogP contribution is -2.56. The molecule has 0 radical (unpaired) electrons. The Morgan fingerprint density at radius 3 is 2.75 bits per heavy atom. The summed E-state index contributed by atoms with van der Waals surface area (Å²) in [4.78, 5) is 26.3. The average Bonchev–Trinajstić information content (AvgIpc) is 2.61. The van der Waals surface area contributed by atoms with E-state index in [4.69, 9.17) is 0 Å². The summed E-state index contributed by atoms with van der Waals surface area (Å²) in [6.07, 6.45) is 6.93. The van der Waals surface area contributed by atoms with Crippen molar-refractivity contribution >= 4 is 11.8 Å². The Morgan fingerprint density at radius 1 is 1.25 bits per heavy atom. The third kappa shape index (κ3) is 4.20. The summed E-state index contributed by atoms with van der Waals surface area (Å²) < 4.78 is 0. The second-order valence-electron chi connectivity index (χ2n) is 6.25. The molecule has 0 saturated carbocycles. The van der Waals surface area contributed by atoms with Crippen molar-refractivity contribution in [1.29, 1.82) is 0 Å². The minimum Gasteiger partial charge on any atom is -0.353 e. The molecule has 2 aliphatic rings. The van der Waals surface area contributed by atoms with Crippen LogP contribution in [0.4, 0.5) is 0 Å². The molecule has 0 aliphatic carbocycles. The standard InChI is InChI=1S/C15H27N3O2/c1-15(8-4-3-7-13(19)17-15)14(20)16-9-12-18-10-5-2-6-11-18/h2-12H2,1H3,(H,16,20)(H,17,19). The topological polar surface area (TPSA) is 61.4 Å². The van der Waals surface area contributed by atoms with Gasteiger partial charge in [-0.3, -0.25) is 9.59 Å². The molecular weight excluding hydrogens is 254 g/mol. The Labute approximate surface area is 121 Å². The summed E-state index contributed by atoms with van der Waals surface area (Å²) in [5, 5.41) is 5.87. The van der Waals surface area contributed by atoms with Crippen LogP contribution in [0.15, 0.2) is 0 Å². The smallest absolute Gasteiger partial charge is 0.245 e. The minimum absolute atomic E-state index is 0.00354. The number of nitrogens with zero attached hydrogens (tertiary/aromatic N) is 1. The van der Waals surface area contributed by atoms with Gasteiger partial charge in [0.15, 0.2) is 0 Å². The predicted molar refractivity (Wildman–Crippen MR) is 78.3 cm³/mol. The summed E-state index contributed by atoms with van der Waals surface area (Å²) in [5.41, 5.74) is -0.727. The van der Waals surface area contributed by atoms with Crippen LogP contribution in [0.3, 0.4) is 0 Å². The van der Waals surface area contributed by atoms with Crippen LogP contribution in [0, 0.1) is 0 Å². The molecule has 2 amide bonds. The van der Waals surface area contributed by atoms with Crippen molar-refractivity contribution in [3.8, 4) is 0 Å². The Balaban J connectivity index is 1.76. The fraction of sp³-hybridized carbons (Fsp3) is 0.867. The zero-order valence-corrected chi connectivity index (χ0v) is 12.5. The van der Waals surface area contributed by atoms with Crippen LogP contribution in [0.2, 0.25) is 0 Å². The summed E-state index contributed by atoms with van der Waals surface area (Å²) in [7, 11) is 0. The molecule has 1 atom stereocenters. The van der Waals surface area contributed by atoms with E-state index in [1.165, 1.54) is 19.3 Å². The lowest BCUT2D eigenvalue weighted by Gasteiger charge is -2.29. The average molecular weight is 281 g/mol. The first-order valence-electron chi connectivity index (χ1n) is 7.92. The molecular formula is C15H27N3O2. The van der Waals surface area contributed by atoms with Gasteiger partial charge in [-0.25, -0.2) is 0 Å². The number of amides is 2. The highest BCUT2D eigenvalue weighted by atomic mass is 16.2. The SMILES string of the molecule is CC1(C(=O)NCCN2CCCCC2)CCCCC(=O)N1. The number of carbonyl (C=O) groups excluding carboxylic acids is 2. The molecule has 0 aromatic carbocycles. The van der Waals surface area contributed by atoms with Gasteiger partial charge < -0.3 is 15.5 Å². The van der Waals surface area contributed by atoms with E-state index in [1.807, 2.05) is 6.92 Å². The van der Waals surface area contributed by atoms with Crippen LogP contribution in [-0.4, -0.2) is 48.4 Å². The molecule has 1 unspecified atom stereocenters. The Bertz CT molecular complexity index is 353. The van der Waals surface area contributed by atoms with E-state index in [1.54, 1.807) is 0 Å². The van der Waals surface area contributed by atoms with Crippen molar-refractivity contribution < 1.29 is 9.59 Å². The van der Waals surface area contributed by atoms with E-state index >= 15 is 0 Å². The maximum absolute atomic E-state index is 12.3. The first kappa shape index (κ1) is 15.3. The number of carbonyl (C=O) groups is 2. The predicted octanol–water partition coefficient (Wildman–Crippen LogP) is 1.04. The molecule has 0 spiro atoms. The highest BCUT2D eigenvalue weighted by molar-refractivity contribution is 5.91. The van der Waals surface area contributed by atoms with E-state index in [2.05, 4.69) is 15.5 Å². The summed E-state index contributed by atoms with van der Waals surface area (Å²) in [6, 6.07) is 0. The fourth-order valence-corrected chi connectivity index (χ4v) is 3.07. The second-order valence-corrected chi connectivity index (χ2v) is 6.25. The van der Waals surface area contributed by atoms with Gasteiger partial charge >= 0.3 is 0 Å². The minimum atomic E-state index is -0.727. The maximum atomic E-state index is 12.3. The first-order valence-corrected chi connectivity index (χ1v) is 7.92. The van der Waals surface area contributed by atoms with E-state index in [9.17, 15) is 9.59 Å². The van der Waals surface area contributed by atoms with Crippen LogP contribution in [0.1, 0.15) is 51.9 Å². The second kappa shape index (κ2) is 7.07. The molecule has 2 saturated heterocycles. The van der Waals surface area contributed by atoms with Gasteiger partial charge in [0.05, 0.1) is 0 Å². The molecule has 2 fully saturated rings. The number of hydrogen-bond acceptors (Lipinski definition) is 3. The Morgan fingerprint density at radius 2 is 2.00 bits per heavy atom. The van der Waals surface area contributed by atoms with Crippen LogP contribution < -0.4 is 10.6 Å². The van der Waals surface area contributed by atoms with Gasteiger partial charge in [-0.2, -0.15) is 0 Å². The highest BCUT2D eigenvalue weighted by Crippen LogP contribution is 2.19. The van der Waals surface area contributed by atoms with Gasteiger partial charge in [0.25, 0.3) is 0 Å². The number of rotatable bonds is 4. The van der Waals surface area contributed by atoms with Gasteiger partial charge in [0.1, 0.15) is 5.54 Å². The van der Waals surface area contributed by atoms with Crippen molar-refractivity contribution in [2.75, 3.05) is 26.2 Å². The summed E-state index contributed by atoms with van der Waals surface area (Å²) >= 11 is 0. The van der Waals surface area contributed by atoms with Crippen molar-refractivity contribution in [3.63, 3.8) is 0 Å². The molecule has 2 heterocycles. The Hall–Kier alpha value is -1.10. The third-order valence-corrected chi connectivity index (χ3v) is 4.41. The molecule has 2 rings (SSSR count). The van der Waals surface area contributed by atoms with Crippen molar-refractivity contribution in [2.45, 2.75) is 57.4 Å². The molecule has 114 valence electrons. The zero-order valence-electron chi connectivity index (χ0n) is 12.5. The van der Waals surface area contributed by atoms with Crippen LogP contribution >= 0.6 is 0 Å². The quantitative estimate of drug-likeness (QED) is 0.809. The molecule has 2 aliphatic heterocycles. The van der Waals surface area contributed by atoms with Crippen molar-refractivity contribution in [3.05, 3.63) is 0 Å². The highest BCUT2D eigenvalue weighted by Gasteiger charge is 2.35. The fourth-order valence-electron chi connectivity index (χ4n) is 3.07. The molecule has 0 bridgehead atoms. The summed E-state index contributed by atoms with van der Waals surface area (Å²) in [5.74, 6) is -0.0408. The normalized spacial score (nSPS) is 28.6. The van der Waals surface area contributed by atoms with E-state index in [0.717, 1.165) is 38.9 Å². The zero-order chi connectivity index (χ0) is 14.4. The number of piperidine rings is 1. The van der Waals surface area contributed by atoms with Gasteiger partial charge in [0.2, 0.25) is 11.8 Å². The van der Waals surface area contributed by atoms with Crippen LogP contribution in [0.5, 0.6) is 0 Å². The summed E-state index contributed by atoms with van der Waals surface area (Å²) in [6.45, 7) is 5.71. The van der Waals surface area contributed by atoms with Gasteiger partial charge in [-0.15, -0.1) is 0 Å². The van der Waals surface area contributed by atoms with Gasteiger partial charge in [0, 0.05) is 19.5 Å². The van der Waals surface area contributed by atoms with Gasteiger partial charge in [-0.05, 0) is 45.7 Å². The molecule has 5 nitrogen and oxygen atoms in total. The molecule has 0 aromatic rings. The lowest BCUT2D eigenvalue weighted by atomic mass is 9.95. The third-order valence-electron chi connectivity index (χ3n) is 4.41. The first-order chi connectivity index (χ1) is 9.60. The van der Waals surface area contributed by atoms with Crippen LogP contribution in [-0.2, 0) is 9.59 Å². The number of nitrogens with one attached hydrogen (secondary N) is 2. The Kier molecular flexibility index (Phi) is 5.40. The van der Waals surface area contributed by atoms with Crippen molar-refractivity contribution in [2.24, 2.45) is 0 Å². The van der Waals surface area contributed by atoms with Gasteiger partial charge in [-0.1, -0.05) is 12.8 Å². The monoisotopic (exact) mass is 281 g/mol. The van der Waals surface area contributed by atoms with E-state index in [0.29, 0.717) is 13.0 Å². The maximum Gasteiger partial charge on any atom is 0.245 e. The van der Waals surface area contributed by atoms with E-state index < -0.39 is 5.54 Å². The molecule has 5 heteroatoms. The van der Waals surface area contributed by atoms with E-state index in [-0.39, 0.29) is 11.8 Å². The van der Waals surface area contributed by atoms with Crippen molar-refractivity contribution in [1.82, 2.24) is 15.5 Å². The largest absolute Gasteiger partial charge is 0.353 e. The number of likely N-dealkylation sites (tertiary alicyclic amines) is 1. The molecule has 20 heavy (non-hydrogen) atoms. The lowest BCUT2D eigenvalue weighted by molar-refractivity contribution is -0.132. The molecule has 0 aromatic heterocycles.